The van der Waals surface area contributed by atoms with Gasteiger partial charge in [0.2, 0.25) is 0 Å². The Bertz CT molecular complexity index is 454. The van der Waals surface area contributed by atoms with Gasteiger partial charge in [0.25, 0.3) is 0 Å². The van der Waals surface area contributed by atoms with Crippen LogP contribution >= 0.6 is 23.2 Å². The molecule has 0 fully saturated rings. The van der Waals surface area contributed by atoms with E-state index in [2.05, 4.69) is 32.7 Å². The van der Waals surface area contributed by atoms with Gasteiger partial charge in [0.15, 0.2) is 6.10 Å². The van der Waals surface area contributed by atoms with Crippen LogP contribution in [0.1, 0.15) is 6.92 Å². The van der Waals surface area contributed by atoms with E-state index < -0.39 is 40.8 Å². The van der Waals surface area contributed by atoms with Crippen LogP contribution in [0, 0.1) is 0 Å². The smallest absolute Gasteiger partial charge is 0.443 e. The quantitative estimate of drug-likeness (QED) is 0.510. The fourth-order valence-electron chi connectivity index (χ4n) is 1.13. The molecular formula is C8H4Cl2F8O4. The fraction of sp³-hybridized carbons (Fsp3) is 0.750. The summed E-state index contributed by atoms with van der Waals surface area (Å²) in [4.78, 5) is 20.7. The summed E-state index contributed by atoms with van der Waals surface area (Å²) in [7, 11) is 0. The van der Waals surface area contributed by atoms with Gasteiger partial charge in [-0.15, -0.1) is 0 Å². The van der Waals surface area contributed by atoms with Crippen molar-refractivity contribution in [2.45, 2.75) is 36.9 Å². The molecule has 0 aromatic rings. The van der Waals surface area contributed by atoms with Crippen LogP contribution in [-0.4, -0.2) is 40.8 Å². The molecule has 0 saturated heterocycles. The molecule has 2 atom stereocenters. The summed E-state index contributed by atoms with van der Waals surface area (Å²) in [6, 6.07) is 0. The number of carbonyl (C=O) groups is 2. The van der Waals surface area contributed by atoms with Crippen molar-refractivity contribution in [1.29, 1.82) is 0 Å². The standard InChI is InChI=1S/C8H4Cl2F8O4/c1-2(21-3(9)19)5(11,22-4(10)20)6(12,13)7(14,15)8(16,17)18/h2H,1H3. The first-order valence-corrected chi connectivity index (χ1v) is 5.52. The van der Waals surface area contributed by atoms with E-state index in [4.69, 9.17) is 0 Å². The zero-order valence-electron chi connectivity index (χ0n) is 9.99. The van der Waals surface area contributed by atoms with E-state index in [1.54, 1.807) is 0 Å². The van der Waals surface area contributed by atoms with Gasteiger partial charge >= 0.3 is 34.7 Å². The number of hydrogen-bond donors (Lipinski definition) is 0. The molecule has 0 aliphatic heterocycles. The van der Waals surface area contributed by atoms with Crippen LogP contribution in [0.15, 0.2) is 0 Å². The van der Waals surface area contributed by atoms with Gasteiger partial charge in [-0.05, 0) is 6.92 Å². The first kappa shape index (κ1) is 21.0. The monoisotopic (exact) mass is 386 g/mol. The highest BCUT2D eigenvalue weighted by Gasteiger charge is 2.84. The molecule has 4 nitrogen and oxygen atoms in total. The van der Waals surface area contributed by atoms with Crippen molar-refractivity contribution in [3.63, 3.8) is 0 Å². The zero-order valence-corrected chi connectivity index (χ0v) is 11.5. The minimum absolute atomic E-state index is 0.0838. The SMILES string of the molecule is CC(OC(=O)Cl)C(F)(OC(=O)Cl)C(F)(F)C(F)(F)C(F)(F)F. The van der Waals surface area contributed by atoms with Gasteiger partial charge in [-0.2, -0.15) is 35.1 Å². The zero-order chi connectivity index (χ0) is 18.1. The number of hydrogen-bond acceptors (Lipinski definition) is 4. The van der Waals surface area contributed by atoms with Gasteiger partial charge in [0.05, 0.1) is 0 Å². The summed E-state index contributed by atoms with van der Waals surface area (Å²) in [6.07, 6.45) is -10.1. The number of halogens is 10. The average Bonchev–Trinajstić information content (AvgIpc) is 2.24. The Balaban J connectivity index is 6.07. The second-order valence-electron chi connectivity index (χ2n) is 3.63. The third-order valence-electron chi connectivity index (χ3n) is 2.20. The highest BCUT2D eigenvalue weighted by molar-refractivity contribution is 6.61. The maximum Gasteiger partial charge on any atom is 0.460 e. The van der Waals surface area contributed by atoms with Gasteiger partial charge in [0.1, 0.15) is 0 Å². The maximum absolute atomic E-state index is 14.0. The number of rotatable bonds is 5. The molecule has 14 heteroatoms. The van der Waals surface area contributed by atoms with Crippen molar-refractivity contribution in [1.82, 2.24) is 0 Å². The fourth-order valence-corrected chi connectivity index (χ4v) is 1.37. The predicted molar refractivity (Wildman–Crippen MR) is 53.9 cm³/mol. The molecule has 2 unspecified atom stereocenters. The molecule has 0 aromatic heterocycles. The molecule has 0 spiro atoms. The lowest BCUT2D eigenvalue weighted by molar-refractivity contribution is -0.415. The second kappa shape index (κ2) is 6.22. The normalized spacial score (nSPS) is 17.4. The molecule has 130 valence electrons. The van der Waals surface area contributed by atoms with Crippen LogP contribution in [0.3, 0.4) is 0 Å². The first-order valence-electron chi connectivity index (χ1n) is 4.76. The Labute approximate surface area is 126 Å². The van der Waals surface area contributed by atoms with Crippen LogP contribution < -0.4 is 0 Å². The highest BCUT2D eigenvalue weighted by Crippen LogP contribution is 2.54. The van der Waals surface area contributed by atoms with Crippen molar-refractivity contribution in [2.75, 3.05) is 0 Å². The van der Waals surface area contributed by atoms with E-state index in [0.717, 1.165) is 0 Å². The lowest BCUT2D eigenvalue weighted by Crippen LogP contribution is -2.67. The van der Waals surface area contributed by atoms with Gasteiger partial charge < -0.3 is 9.47 Å². The summed E-state index contributed by atoms with van der Waals surface area (Å²) in [5, 5.41) is 0. The van der Waals surface area contributed by atoms with E-state index in [1.807, 2.05) is 0 Å². The molecule has 0 radical (unpaired) electrons. The largest absolute Gasteiger partial charge is 0.460 e. The summed E-state index contributed by atoms with van der Waals surface area (Å²) in [6.45, 7) is 0.0838. The summed E-state index contributed by atoms with van der Waals surface area (Å²) < 4.78 is 109. The molecule has 0 N–H and O–H groups in total. The molecule has 0 aliphatic rings. The minimum atomic E-state index is -7.01. The Morgan fingerprint density at radius 2 is 1.27 bits per heavy atom. The lowest BCUT2D eigenvalue weighted by atomic mass is 9.98. The Hall–Kier alpha value is -1.04. The number of ether oxygens (including phenoxy) is 2. The van der Waals surface area contributed by atoms with E-state index in [0.29, 0.717) is 0 Å². The number of alkyl halides is 8. The van der Waals surface area contributed by atoms with Gasteiger partial charge in [0, 0.05) is 23.2 Å². The van der Waals surface area contributed by atoms with Crippen LogP contribution in [-0.2, 0) is 9.47 Å². The molecule has 0 aliphatic carbocycles. The Kier molecular flexibility index (Phi) is 5.93. The van der Waals surface area contributed by atoms with Crippen LogP contribution in [0.5, 0.6) is 0 Å². The van der Waals surface area contributed by atoms with Crippen molar-refractivity contribution >= 4 is 34.1 Å². The Morgan fingerprint density at radius 1 is 0.864 bits per heavy atom. The van der Waals surface area contributed by atoms with E-state index in [9.17, 15) is 44.7 Å². The second-order valence-corrected chi connectivity index (χ2v) is 4.25. The summed E-state index contributed by atoms with van der Waals surface area (Å²) in [5.74, 6) is -19.2. The first-order chi connectivity index (χ1) is 9.50. The van der Waals surface area contributed by atoms with Crippen molar-refractivity contribution < 1.29 is 54.2 Å². The van der Waals surface area contributed by atoms with Crippen molar-refractivity contribution in [3.05, 3.63) is 0 Å². The van der Waals surface area contributed by atoms with E-state index in [-0.39, 0.29) is 6.92 Å². The number of carbonyl (C=O) groups excluding carboxylic acids is 2. The molecule has 0 aromatic carbocycles. The molecule has 0 heterocycles. The topological polar surface area (TPSA) is 52.6 Å². The summed E-state index contributed by atoms with van der Waals surface area (Å²) in [5.41, 5.74) is -4.55. The third kappa shape index (κ3) is 3.65. The molecule has 22 heavy (non-hydrogen) atoms. The lowest BCUT2D eigenvalue weighted by Gasteiger charge is -2.39. The average molecular weight is 387 g/mol. The van der Waals surface area contributed by atoms with Crippen molar-refractivity contribution in [2.24, 2.45) is 0 Å². The highest BCUT2D eigenvalue weighted by atomic mass is 35.5. The van der Waals surface area contributed by atoms with Crippen LogP contribution in [0.4, 0.5) is 44.7 Å². The molecular weight excluding hydrogens is 383 g/mol. The van der Waals surface area contributed by atoms with Gasteiger partial charge in [-0.3, -0.25) is 0 Å². The van der Waals surface area contributed by atoms with Crippen molar-refractivity contribution in [3.8, 4) is 0 Å². The van der Waals surface area contributed by atoms with Crippen LogP contribution in [0.2, 0.25) is 0 Å². The van der Waals surface area contributed by atoms with E-state index >= 15 is 0 Å². The van der Waals surface area contributed by atoms with E-state index in [1.165, 1.54) is 0 Å². The third-order valence-corrected chi connectivity index (χ3v) is 2.37. The molecule has 0 saturated carbocycles. The minimum Gasteiger partial charge on any atom is -0.443 e. The van der Waals surface area contributed by atoms with Gasteiger partial charge in [-0.1, -0.05) is 0 Å². The van der Waals surface area contributed by atoms with Crippen LogP contribution in [0.25, 0.3) is 0 Å². The molecule has 0 amide bonds. The maximum atomic E-state index is 14.0. The summed E-state index contributed by atoms with van der Waals surface area (Å²) >= 11 is 8.89. The Morgan fingerprint density at radius 3 is 1.55 bits per heavy atom. The van der Waals surface area contributed by atoms with Gasteiger partial charge in [-0.25, -0.2) is 9.59 Å². The predicted octanol–water partition coefficient (Wildman–Crippen LogP) is 4.62. The molecule has 0 bridgehead atoms. The molecule has 0 rings (SSSR count).